The molecule has 1 aromatic carbocycles. The molecule has 2 aromatic rings. The molecule has 138 valence electrons. The highest BCUT2D eigenvalue weighted by molar-refractivity contribution is 5.95. The van der Waals surface area contributed by atoms with Crippen LogP contribution in [0.2, 0.25) is 0 Å². The summed E-state index contributed by atoms with van der Waals surface area (Å²) in [5, 5.41) is 4.27. The molecular weight excluding hydrogens is 337 g/mol. The Morgan fingerprint density at radius 2 is 2.04 bits per heavy atom. The van der Waals surface area contributed by atoms with Crippen molar-refractivity contribution in [3.05, 3.63) is 47.5 Å². The van der Waals surface area contributed by atoms with Gasteiger partial charge in [0.2, 0.25) is 0 Å². The lowest BCUT2D eigenvalue weighted by Gasteiger charge is -2.31. The third kappa shape index (κ3) is 3.61. The first-order valence-corrected chi connectivity index (χ1v) is 8.77. The summed E-state index contributed by atoms with van der Waals surface area (Å²) in [5.41, 5.74) is 1.85. The molecule has 6 nitrogen and oxygen atoms in total. The Balaban J connectivity index is 1.78. The largest absolute Gasteiger partial charge is 0.466 e. The fourth-order valence-corrected chi connectivity index (χ4v) is 3.25. The molecule has 0 radical (unpaired) electrons. The lowest BCUT2D eigenvalue weighted by molar-refractivity contribution is -0.149. The molecule has 1 atom stereocenters. The summed E-state index contributed by atoms with van der Waals surface area (Å²) in [6, 6.07) is 5.93. The van der Waals surface area contributed by atoms with E-state index in [-0.39, 0.29) is 23.6 Å². The fraction of sp³-hybridized carbons (Fsp3) is 0.421. The number of rotatable bonds is 4. The number of benzene rings is 1. The zero-order chi connectivity index (χ0) is 18.7. The molecule has 1 aliphatic heterocycles. The van der Waals surface area contributed by atoms with Crippen molar-refractivity contribution in [3.8, 4) is 5.69 Å². The molecule has 2 heterocycles. The maximum atomic E-state index is 13.1. The molecule has 0 aliphatic carbocycles. The number of carbonyl (C=O) groups excluding carboxylic acids is 2. The monoisotopic (exact) mass is 359 g/mol. The van der Waals surface area contributed by atoms with Crippen LogP contribution in [0.3, 0.4) is 0 Å². The van der Waals surface area contributed by atoms with Crippen LogP contribution in [-0.2, 0) is 9.53 Å². The van der Waals surface area contributed by atoms with Crippen LogP contribution in [0.15, 0.2) is 30.5 Å². The van der Waals surface area contributed by atoms with E-state index in [1.54, 1.807) is 35.6 Å². The number of piperidine rings is 1. The van der Waals surface area contributed by atoms with Gasteiger partial charge in [0.25, 0.3) is 5.91 Å². The quantitative estimate of drug-likeness (QED) is 0.788. The average molecular weight is 359 g/mol. The summed E-state index contributed by atoms with van der Waals surface area (Å²) in [6.45, 7) is 4.88. The summed E-state index contributed by atoms with van der Waals surface area (Å²) in [5.74, 6) is -0.998. The minimum Gasteiger partial charge on any atom is -0.466 e. The molecule has 1 aromatic heterocycles. The highest BCUT2D eigenvalue weighted by atomic mass is 19.1. The van der Waals surface area contributed by atoms with E-state index in [2.05, 4.69) is 5.10 Å². The molecule has 0 N–H and O–H groups in total. The van der Waals surface area contributed by atoms with Crippen molar-refractivity contribution in [2.45, 2.75) is 26.7 Å². The molecule has 26 heavy (non-hydrogen) atoms. The standard InChI is InChI=1S/C19H22FN3O3/c1-3-26-19(25)14-5-4-10-22(12-14)18(24)17-11-21-23(13(17)2)16-8-6-15(20)7-9-16/h6-9,11,14H,3-5,10,12H2,1-2H3/t14-/m1/s1. The van der Waals surface area contributed by atoms with Gasteiger partial charge in [0.05, 0.1) is 35.7 Å². The van der Waals surface area contributed by atoms with E-state index in [9.17, 15) is 14.0 Å². The average Bonchev–Trinajstić information content (AvgIpc) is 3.03. The number of esters is 1. The first-order valence-electron chi connectivity index (χ1n) is 8.77. The van der Waals surface area contributed by atoms with Crippen LogP contribution in [0.4, 0.5) is 4.39 Å². The molecule has 0 unspecified atom stereocenters. The van der Waals surface area contributed by atoms with Crippen molar-refractivity contribution in [2.24, 2.45) is 5.92 Å². The Morgan fingerprint density at radius 3 is 2.73 bits per heavy atom. The van der Waals surface area contributed by atoms with Crippen molar-refractivity contribution in [1.29, 1.82) is 0 Å². The van der Waals surface area contributed by atoms with Gasteiger partial charge in [-0.25, -0.2) is 9.07 Å². The number of ether oxygens (including phenoxy) is 1. The predicted octanol–water partition coefficient (Wildman–Crippen LogP) is 2.74. The summed E-state index contributed by atoms with van der Waals surface area (Å²) >= 11 is 0. The van der Waals surface area contributed by atoms with E-state index in [1.165, 1.54) is 18.3 Å². The van der Waals surface area contributed by atoms with Crippen molar-refractivity contribution in [3.63, 3.8) is 0 Å². The SMILES string of the molecule is CCOC(=O)[C@@H]1CCCN(C(=O)c2cnn(-c3ccc(F)cc3)c2C)C1. The Hall–Kier alpha value is -2.70. The van der Waals surface area contributed by atoms with Gasteiger partial charge in [0, 0.05) is 13.1 Å². The van der Waals surface area contributed by atoms with E-state index < -0.39 is 0 Å². The van der Waals surface area contributed by atoms with Crippen LogP contribution in [0.1, 0.15) is 35.8 Å². The Morgan fingerprint density at radius 1 is 1.31 bits per heavy atom. The van der Waals surface area contributed by atoms with E-state index in [0.29, 0.717) is 36.6 Å². The van der Waals surface area contributed by atoms with Crippen LogP contribution in [0, 0.1) is 18.7 Å². The lowest BCUT2D eigenvalue weighted by atomic mass is 9.97. The second-order valence-electron chi connectivity index (χ2n) is 6.37. The molecule has 0 saturated carbocycles. The van der Waals surface area contributed by atoms with E-state index in [0.717, 1.165) is 12.8 Å². The zero-order valence-electron chi connectivity index (χ0n) is 14.9. The van der Waals surface area contributed by atoms with Crippen LogP contribution >= 0.6 is 0 Å². The van der Waals surface area contributed by atoms with Crippen molar-refractivity contribution >= 4 is 11.9 Å². The maximum Gasteiger partial charge on any atom is 0.310 e. The second-order valence-corrected chi connectivity index (χ2v) is 6.37. The third-order valence-corrected chi connectivity index (χ3v) is 4.64. The van der Waals surface area contributed by atoms with Gasteiger partial charge in [-0.05, 0) is 51.0 Å². The molecule has 7 heteroatoms. The Labute approximate surface area is 151 Å². The number of carbonyl (C=O) groups is 2. The van der Waals surface area contributed by atoms with Gasteiger partial charge in [-0.15, -0.1) is 0 Å². The molecule has 1 amide bonds. The van der Waals surface area contributed by atoms with Gasteiger partial charge in [-0.1, -0.05) is 0 Å². The van der Waals surface area contributed by atoms with Gasteiger partial charge in [0.1, 0.15) is 5.82 Å². The molecule has 1 saturated heterocycles. The molecule has 1 aliphatic rings. The molecule has 0 spiro atoms. The highest BCUT2D eigenvalue weighted by Gasteiger charge is 2.31. The summed E-state index contributed by atoms with van der Waals surface area (Å²) < 4.78 is 19.8. The van der Waals surface area contributed by atoms with Crippen molar-refractivity contribution in [2.75, 3.05) is 19.7 Å². The number of hydrogen-bond acceptors (Lipinski definition) is 4. The van der Waals surface area contributed by atoms with Crippen LogP contribution in [0.5, 0.6) is 0 Å². The van der Waals surface area contributed by atoms with Crippen LogP contribution in [0.25, 0.3) is 5.69 Å². The summed E-state index contributed by atoms with van der Waals surface area (Å²) in [4.78, 5) is 26.6. The topological polar surface area (TPSA) is 64.4 Å². The van der Waals surface area contributed by atoms with Gasteiger partial charge in [0.15, 0.2) is 0 Å². The maximum absolute atomic E-state index is 13.1. The van der Waals surface area contributed by atoms with E-state index in [4.69, 9.17) is 4.74 Å². The first kappa shape index (κ1) is 18.1. The van der Waals surface area contributed by atoms with Gasteiger partial charge < -0.3 is 9.64 Å². The second kappa shape index (κ2) is 7.68. The fourth-order valence-electron chi connectivity index (χ4n) is 3.25. The number of nitrogens with zero attached hydrogens (tertiary/aromatic N) is 3. The summed E-state index contributed by atoms with van der Waals surface area (Å²) in [7, 11) is 0. The number of likely N-dealkylation sites (tertiary alicyclic amines) is 1. The van der Waals surface area contributed by atoms with Crippen molar-refractivity contribution < 1.29 is 18.7 Å². The van der Waals surface area contributed by atoms with Gasteiger partial charge in [-0.2, -0.15) is 5.10 Å². The normalized spacial score (nSPS) is 17.2. The third-order valence-electron chi connectivity index (χ3n) is 4.64. The molecule has 0 bridgehead atoms. The predicted molar refractivity (Wildman–Crippen MR) is 93.5 cm³/mol. The number of amides is 1. The smallest absolute Gasteiger partial charge is 0.310 e. The Bertz CT molecular complexity index is 801. The van der Waals surface area contributed by atoms with Crippen LogP contribution < -0.4 is 0 Å². The number of hydrogen-bond donors (Lipinski definition) is 0. The van der Waals surface area contributed by atoms with Gasteiger partial charge in [-0.3, -0.25) is 9.59 Å². The molecule has 3 rings (SSSR count). The minimum absolute atomic E-state index is 0.148. The highest BCUT2D eigenvalue weighted by Crippen LogP contribution is 2.22. The van der Waals surface area contributed by atoms with Crippen LogP contribution in [-0.4, -0.2) is 46.3 Å². The number of halogens is 1. The van der Waals surface area contributed by atoms with E-state index >= 15 is 0 Å². The zero-order valence-corrected chi connectivity index (χ0v) is 14.9. The first-order chi connectivity index (χ1) is 12.5. The van der Waals surface area contributed by atoms with Crippen molar-refractivity contribution in [1.82, 2.24) is 14.7 Å². The molecular formula is C19H22FN3O3. The van der Waals surface area contributed by atoms with Gasteiger partial charge >= 0.3 is 5.97 Å². The Kier molecular flexibility index (Phi) is 5.35. The van der Waals surface area contributed by atoms with E-state index in [1.807, 2.05) is 0 Å². The molecule has 1 fully saturated rings. The lowest BCUT2D eigenvalue weighted by Crippen LogP contribution is -2.43. The summed E-state index contributed by atoms with van der Waals surface area (Å²) in [6.07, 6.45) is 3.02. The minimum atomic E-state index is -0.326. The number of aromatic nitrogens is 2.